The SMILES string of the molecule is C[NH+](C)CCO.[O-][Cl+][O-]. The summed E-state index contributed by atoms with van der Waals surface area (Å²) in [6, 6.07) is 0. The fourth-order valence-corrected chi connectivity index (χ4v) is 0.224. The highest BCUT2D eigenvalue weighted by Gasteiger charge is 1.84. The molecule has 0 saturated heterocycles. The number of likely N-dealkylation sites (N-methyl/N-ethyl adjacent to an activating group) is 1. The van der Waals surface area contributed by atoms with Crippen LogP contribution in [0.25, 0.3) is 0 Å². The third-order valence-electron chi connectivity index (χ3n) is 0.612. The molecule has 0 aromatic rings. The van der Waals surface area contributed by atoms with Gasteiger partial charge in [-0.2, -0.15) is 0 Å². The molecule has 0 aromatic heterocycles. The molecule has 0 aliphatic carbocycles. The van der Waals surface area contributed by atoms with Crippen molar-refractivity contribution in [1.29, 1.82) is 0 Å². The lowest BCUT2D eigenvalue weighted by Gasteiger charge is -2.00. The molecule has 0 aliphatic rings. The van der Waals surface area contributed by atoms with Crippen LogP contribution >= 0.6 is 0 Å². The molecule has 0 amide bonds. The van der Waals surface area contributed by atoms with E-state index in [4.69, 9.17) is 14.4 Å². The van der Waals surface area contributed by atoms with Gasteiger partial charge in [0.25, 0.3) is 0 Å². The number of rotatable bonds is 2. The number of halogens is 1. The maximum Gasteiger partial charge on any atom is 0.100 e. The van der Waals surface area contributed by atoms with Crippen molar-refractivity contribution in [2.24, 2.45) is 0 Å². The molecule has 0 heterocycles. The maximum absolute atomic E-state index is 8.24. The first-order chi connectivity index (χ1) is 4.18. The van der Waals surface area contributed by atoms with E-state index in [9.17, 15) is 0 Å². The number of quaternary nitrogens is 1. The summed E-state index contributed by atoms with van der Waals surface area (Å²) in [4.78, 5) is 1.29. The molecule has 4 nitrogen and oxygen atoms in total. The van der Waals surface area contributed by atoms with Gasteiger partial charge in [-0.25, -0.2) is 0 Å². The van der Waals surface area contributed by atoms with Gasteiger partial charge in [-0.05, 0) is 0 Å². The third-order valence-corrected chi connectivity index (χ3v) is 0.612. The number of nitrogens with one attached hydrogen (secondary N) is 1. The fourth-order valence-electron chi connectivity index (χ4n) is 0.224. The predicted molar refractivity (Wildman–Crippen MR) is 24.8 cm³/mol. The molecule has 9 heavy (non-hydrogen) atoms. The van der Waals surface area contributed by atoms with Crippen LogP contribution in [0.2, 0.25) is 0 Å². The quantitative estimate of drug-likeness (QED) is 0.427. The van der Waals surface area contributed by atoms with E-state index in [1.165, 1.54) is 4.90 Å². The minimum Gasteiger partial charge on any atom is -0.544 e. The highest BCUT2D eigenvalue weighted by molar-refractivity contribution is 4.10. The summed E-state index contributed by atoms with van der Waals surface area (Å²) in [6.45, 7) is 1.14. The second-order valence-corrected chi connectivity index (χ2v) is 1.87. The van der Waals surface area contributed by atoms with Crippen molar-refractivity contribution in [1.82, 2.24) is 0 Å². The van der Waals surface area contributed by atoms with Gasteiger partial charge in [0.2, 0.25) is 0 Å². The van der Waals surface area contributed by atoms with Crippen LogP contribution in [0.3, 0.4) is 0 Å². The average molecular weight is 158 g/mol. The predicted octanol–water partition coefficient (Wildman–Crippen LogP) is -4.25. The molecule has 0 fully saturated rings. The Kier molecular flexibility index (Phi) is 14.5. The van der Waals surface area contributed by atoms with Crippen molar-refractivity contribution < 1.29 is 30.6 Å². The van der Waals surface area contributed by atoms with Crippen molar-refractivity contribution in [2.45, 2.75) is 0 Å². The molecular formula is C4H12ClNO3. The molecular weight excluding hydrogens is 146 g/mol. The van der Waals surface area contributed by atoms with Crippen LogP contribution in [-0.4, -0.2) is 32.4 Å². The lowest BCUT2D eigenvalue weighted by atomic mass is 10.6. The van der Waals surface area contributed by atoms with E-state index < -0.39 is 11.3 Å². The molecule has 0 radical (unpaired) electrons. The second kappa shape index (κ2) is 11.0. The van der Waals surface area contributed by atoms with Gasteiger partial charge in [-0.15, -0.1) is 0 Å². The average Bonchev–Trinajstić information content (AvgIpc) is 1.67. The van der Waals surface area contributed by atoms with Crippen molar-refractivity contribution in [3.05, 3.63) is 0 Å². The highest BCUT2D eigenvalue weighted by atomic mass is 35.6. The molecule has 0 bridgehead atoms. The topological polar surface area (TPSA) is 70.8 Å². The zero-order valence-corrected chi connectivity index (χ0v) is 6.31. The van der Waals surface area contributed by atoms with E-state index in [0.29, 0.717) is 6.61 Å². The van der Waals surface area contributed by atoms with Gasteiger partial charge in [-0.3, -0.25) is 0 Å². The van der Waals surface area contributed by atoms with Gasteiger partial charge in [0.1, 0.15) is 6.54 Å². The fraction of sp³-hybridized carbons (Fsp3) is 1.00. The maximum atomic E-state index is 8.24. The molecule has 5 heteroatoms. The summed E-state index contributed by atoms with van der Waals surface area (Å²) in [5, 5.41) is 8.22. The van der Waals surface area contributed by atoms with Crippen LogP contribution in [0, 0.1) is 11.3 Å². The van der Waals surface area contributed by atoms with Crippen LogP contribution in [0.15, 0.2) is 0 Å². The van der Waals surface area contributed by atoms with Crippen molar-refractivity contribution in [2.75, 3.05) is 27.2 Å². The van der Waals surface area contributed by atoms with Gasteiger partial charge in [0.15, 0.2) is 0 Å². The Hall–Kier alpha value is 0.130. The number of hydrogen-bond donors (Lipinski definition) is 2. The van der Waals surface area contributed by atoms with E-state index in [2.05, 4.69) is 0 Å². The summed E-state index contributed by atoms with van der Waals surface area (Å²) in [5.41, 5.74) is 0. The summed E-state index contributed by atoms with van der Waals surface area (Å²) in [5.74, 6) is 0. The summed E-state index contributed by atoms with van der Waals surface area (Å²) < 4.78 is 16.5. The van der Waals surface area contributed by atoms with E-state index in [-0.39, 0.29) is 0 Å². The lowest BCUT2D eigenvalue weighted by Crippen LogP contribution is -3.06. The number of aliphatic hydroxyl groups is 1. The largest absolute Gasteiger partial charge is 0.544 e. The van der Waals surface area contributed by atoms with Gasteiger partial charge >= 0.3 is 0 Å². The Bertz CT molecular complexity index is 44.8. The smallest absolute Gasteiger partial charge is 0.100 e. The summed E-state index contributed by atoms with van der Waals surface area (Å²) in [7, 11) is 4.02. The van der Waals surface area contributed by atoms with E-state index in [1.807, 2.05) is 14.1 Å². The summed E-state index contributed by atoms with van der Waals surface area (Å²) in [6.07, 6.45) is 0. The van der Waals surface area contributed by atoms with Crippen LogP contribution < -0.4 is 14.2 Å². The first kappa shape index (κ1) is 11.9. The molecule has 0 atom stereocenters. The molecule has 0 saturated carbocycles. The zero-order valence-electron chi connectivity index (χ0n) is 5.56. The van der Waals surface area contributed by atoms with Crippen LogP contribution in [-0.2, 0) is 0 Å². The van der Waals surface area contributed by atoms with E-state index >= 15 is 0 Å². The molecule has 0 unspecified atom stereocenters. The van der Waals surface area contributed by atoms with Gasteiger partial charge in [-0.1, -0.05) is 0 Å². The van der Waals surface area contributed by atoms with Crippen molar-refractivity contribution >= 4 is 0 Å². The molecule has 2 N–H and O–H groups in total. The lowest BCUT2D eigenvalue weighted by molar-refractivity contribution is -1.41. The standard InChI is InChI=1S/C4H11NO.ClO2/c1-5(2)3-4-6;2-1-3/h6H,3-4H2,1-2H3;/q;-1/p+1. The third kappa shape index (κ3) is 31.2. The minimum absolute atomic E-state index is 0.294. The molecule has 0 aliphatic heterocycles. The Balaban J connectivity index is 0. The van der Waals surface area contributed by atoms with E-state index in [1.54, 1.807) is 0 Å². The first-order valence-electron chi connectivity index (χ1n) is 2.48. The Morgan fingerprint density at radius 3 is 1.78 bits per heavy atom. The number of hydrogen-bond acceptors (Lipinski definition) is 3. The monoisotopic (exact) mass is 157 g/mol. The zero-order chi connectivity index (χ0) is 7.70. The molecule has 0 aromatic carbocycles. The van der Waals surface area contributed by atoms with Crippen LogP contribution in [0.5, 0.6) is 0 Å². The van der Waals surface area contributed by atoms with Gasteiger partial charge in [0, 0.05) is 0 Å². The van der Waals surface area contributed by atoms with Crippen molar-refractivity contribution in [3.63, 3.8) is 0 Å². The van der Waals surface area contributed by atoms with E-state index in [0.717, 1.165) is 6.54 Å². The van der Waals surface area contributed by atoms with Gasteiger partial charge < -0.3 is 19.3 Å². The Morgan fingerprint density at radius 1 is 1.44 bits per heavy atom. The first-order valence-corrected chi connectivity index (χ1v) is 3.10. The molecule has 58 valence electrons. The minimum atomic E-state index is -0.417. The van der Waals surface area contributed by atoms with Crippen molar-refractivity contribution in [3.8, 4) is 0 Å². The second-order valence-electron chi connectivity index (χ2n) is 1.74. The van der Waals surface area contributed by atoms with Gasteiger partial charge in [0.05, 0.1) is 32.0 Å². The molecule has 0 rings (SSSR count). The molecule has 0 spiro atoms. The Labute approximate surface area is 58.8 Å². The van der Waals surface area contributed by atoms with Crippen LogP contribution in [0.1, 0.15) is 0 Å². The Morgan fingerprint density at radius 2 is 1.78 bits per heavy atom. The highest BCUT2D eigenvalue weighted by Crippen LogP contribution is 1.35. The van der Waals surface area contributed by atoms with Crippen LogP contribution in [0.4, 0.5) is 0 Å². The summed E-state index contributed by atoms with van der Waals surface area (Å²) >= 11 is -0.417. The number of aliphatic hydroxyl groups excluding tert-OH is 1. The normalized spacial score (nSPS) is 8.67.